The highest BCUT2D eigenvalue weighted by atomic mass is 36.0. The Labute approximate surface area is 80.4 Å². The van der Waals surface area contributed by atoms with Crippen LogP contribution in [0.2, 0.25) is 0 Å². The van der Waals surface area contributed by atoms with Gasteiger partial charge in [0, 0.05) is 13.2 Å². The molecule has 1 heterocycles. The molecule has 0 atom stereocenters. The molecule has 10 heavy (non-hydrogen) atoms. The number of ether oxygens (including phenoxy) is 1. The zero-order valence-electron chi connectivity index (χ0n) is 5.25. The lowest BCUT2D eigenvalue weighted by Gasteiger charge is -1.85. The van der Waals surface area contributed by atoms with Crippen molar-refractivity contribution in [1.82, 2.24) is 0 Å². The normalized spacial score (nSPS) is 18.0. The van der Waals surface area contributed by atoms with E-state index in [0.717, 1.165) is 13.2 Å². The van der Waals surface area contributed by atoms with Crippen LogP contribution in [0.25, 0.3) is 0 Å². The lowest BCUT2D eigenvalue weighted by atomic mass is 10.4. The quantitative estimate of drug-likeness (QED) is 0.468. The van der Waals surface area contributed by atoms with Crippen LogP contribution in [-0.2, 0) is 4.74 Å². The minimum Gasteiger partial charge on any atom is -0.381 e. The zero-order chi connectivity index (χ0) is 8.04. The van der Waals surface area contributed by atoms with E-state index in [1.54, 1.807) is 0 Å². The maximum atomic E-state index is 4.97. The molecule has 1 saturated heterocycles. The fourth-order valence-corrected chi connectivity index (χ4v) is 0.510. The van der Waals surface area contributed by atoms with Crippen LogP contribution in [0, 0.1) is 0 Å². The Kier molecular flexibility index (Phi) is 6.71. The van der Waals surface area contributed by atoms with Gasteiger partial charge in [-0.1, -0.05) is 0 Å². The van der Waals surface area contributed by atoms with E-state index >= 15 is 0 Å². The standard InChI is InChI=1S/C4H8O.Cl4Si/c1-2-4-5-3-1;1-5(2,3)4/h1-4H2;. The summed E-state index contributed by atoms with van der Waals surface area (Å²) in [6.07, 6.45) is 2.56. The fraction of sp³-hybridized carbons (Fsp3) is 1.00. The number of hydrogen-bond donors (Lipinski definition) is 0. The van der Waals surface area contributed by atoms with E-state index in [2.05, 4.69) is 0 Å². The first kappa shape index (κ1) is 11.3. The van der Waals surface area contributed by atoms with Gasteiger partial charge in [-0.05, 0) is 12.8 Å². The van der Waals surface area contributed by atoms with Gasteiger partial charge in [0.05, 0.1) is 0 Å². The van der Waals surface area contributed by atoms with Gasteiger partial charge in [0.2, 0.25) is 0 Å². The molecule has 0 spiro atoms. The summed E-state index contributed by atoms with van der Waals surface area (Å²) in [5.74, 6) is 0. The summed E-state index contributed by atoms with van der Waals surface area (Å²) in [5, 5.41) is -2.72. The van der Waals surface area contributed by atoms with Crippen LogP contribution in [-0.4, -0.2) is 18.5 Å². The van der Waals surface area contributed by atoms with Gasteiger partial charge < -0.3 is 4.74 Å². The summed E-state index contributed by atoms with van der Waals surface area (Å²) in [7, 11) is 0. The molecule has 0 bridgehead atoms. The van der Waals surface area contributed by atoms with Gasteiger partial charge in [-0.3, -0.25) is 0 Å². The van der Waals surface area contributed by atoms with E-state index in [9.17, 15) is 0 Å². The van der Waals surface area contributed by atoms with Crippen molar-refractivity contribution in [3.8, 4) is 0 Å². The maximum Gasteiger partial charge on any atom is 0.440 e. The van der Waals surface area contributed by atoms with E-state index < -0.39 is 5.31 Å². The molecule has 1 fully saturated rings. The lowest BCUT2D eigenvalue weighted by molar-refractivity contribution is 0.198. The maximum absolute atomic E-state index is 4.97. The Bertz CT molecular complexity index is 66.2. The van der Waals surface area contributed by atoms with Crippen LogP contribution < -0.4 is 0 Å². The number of halogens is 4. The average molecular weight is 242 g/mol. The molecule has 62 valence electrons. The van der Waals surface area contributed by atoms with Crippen molar-refractivity contribution >= 4 is 49.6 Å². The lowest BCUT2D eigenvalue weighted by Crippen LogP contribution is -1.91. The second kappa shape index (κ2) is 5.92. The van der Waals surface area contributed by atoms with Gasteiger partial charge >= 0.3 is 5.31 Å². The third-order valence-electron chi connectivity index (χ3n) is 0.827. The predicted octanol–water partition coefficient (Wildman–Crippen LogP) is 3.17. The molecular weight excluding hydrogens is 234 g/mol. The van der Waals surface area contributed by atoms with Crippen LogP contribution in [0.5, 0.6) is 0 Å². The van der Waals surface area contributed by atoms with Gasteiger partial charge in [-0.25, -0.2) is 0 Å². The molecule has 0 N–H and O–H groups in total. The molecule has 0 unspecified atom stereocenters. The topological polar surface area (TPSA) is 9.23 Å². The highest BCUT2D eigenvalue weighted by Gasteiger charge is 2.19. The summed E-state index contributed by atoms with van der Waals surface area (Å²) < 4.78 is 4.94. The Morgan fingerprint density at radius 2 is 1.20 bits per heavy atom. The molecule has 0 amide bonds. The fourth-order valence-electron chi connectivity index (χ4n) is 0.510. The molecule has 1 rings (SSSR count). The highest BCUT2D eigenvalue weighted by molar-refractivity contribution is 7.81. The third-order valence-corrected chi connectivity index (χ3v) is 0.827. The zero-order valence-corrected chi connectivity index (χ0v) is 9.27. The molecule has 1 aliphatic rings. The van der Waals surface area contributed by atoms with Crippen molar-refractivity contribution in [3.63, 3.8) is 0 Å². The third kappa shape index (κ3) is 16.2. The minimum absolute atomic E-state index is 1.00. The van der Waals surface area contributed by atoms with Crippen LogP contribution >= 0.6 is 44.3 Å². The largest absolute Gasteiger partial charge is 0.440 e. The van der Waals surface area contributed by atoms with Gasteiger partial charge in [0.25, 0.3) is 0 Å². The summed E-state index contributed by atoms with van der Waals surface area (Å²) in [5.41, 5.74) is 0. The molecule has 6 heteroatoms. The van der Waals surface area contributed by atoms with E-state index in [1.165, 1.54) is 12.8 Å². The van der Waals surface area contributed by atoms with Crippen molar-refractivity contribution in [1.29, 1.82) is 0 Å². The van der Waals surface area contributed by atoms with Gasteiger partial charge in [-0.2, -0.15) is 0 Å². The van der Waals surface area contributed by atoms with Crippen molar-refractivity contribution in [2.75, 3.05) is 13.2 Å². The molecule has 1 aliphatic heterocycles. The summed E-state index contributed by atoms with van der Waals surface area (Å²) in [4.78, 5) is 0. The molecule has 0 aromatic rings. The Morgan fingerprint density at radius 1 is 0.900 bits per heavy atom. The van der Waals surface area contributed by atoms with Crippen molar-refractivity contribution < 1.29 is 4.74 Å². The van der Waals surface area contributed by atoms with Crippen LogP contribution in [0.3, 0.4) is 0 Å². The molecule has 0 saturated carbocycles. The van der Waals surface area contributed by atoms with Crippen LogP contribution in [0.15, 0.2) is 0 Å². The SMILES string of the molecule is C1CCOC1.Cl[Si](Cl)(Cl)Cl. The predicted molar refractivity (Wildman–Crippen MR) is 49.2 cm³/mol. The molecule has 0 radical (unpaired) electrons. The van der Waals surface area contributed by atoms with E-state index in [0.29, 0.717) is 0 Å². The first-order valence-corrected chi connectivity index (χ1v) is 8.88. The van der Waals surface area contributed by atoms with Crippen molar-refractivity contribution in [3.05, 3.63) is 0 Å². The molecule has 0 aromatic heterocycles. The first-order chi connectivity index (χ1) is 4.50. The van der Waals surface area contributed by atoms with E-state index in [-0.39, 0.29) is 0 Å². The van der Waals surface area contributed by atoms with E-state index in [4.69, 9.17) is 49.1 Å². The van der Waals surface area contributed by atoms with Crippen molar-refractivity contribution in [2.45, 2.75) is 12.8 Å². The Balaban J connectivity index is 0.000000162. The van der Waals surface area contributed by atoms with Crippen LogP contribution in [0.1, 0.15) is 12.8 Å². The monoisotopic (exact) mass is 240 g/mol. The molecule has 1 nitrogen and oxygen atoms in total. The smallest absolute Gasteiger partial charge is 0.381 e. The number of rotatable bonds is 0. The molecular formula is C4H8Cl4OSi. The second-order valence-electron chi connectivity index (χ2n) is 1.75. The Hall–Kier alpha value is 1.34. The average Bonchev–Trinajstić information content (AvgIpc) is 2.07. The highest BCUT2D eigenvalue weighted by Crippen LogP contribution is 2.23. The van der Waals surface area contributed by atoms with Crippen LogP contribution in [0.4, 0.5) is 0 Å². The first-order valence-electron chi connectivity index (χ1n) is 2.83. The Morgan fingerprint density at radius 3 is 1.30 bits per heavy atom. The summed E-state index contributed by atoms with van der Waals surface area (Å²) in [6.45, 7) is 2.00. The van der Waals surface area contributed by atoms with Gasteiger partial charge in [-0.15, -0.1) is 44.3 Å². The molecule has 0 aliphatic carbocycles. The number of hydrogen-bond acceptors (Lipinski definition) is 1. The second-order valence-corrected chi connectivity index (χ2v) is 12.9. The minimum atomic E-state index is -2.72. The summed E-state index contributed by atoms with van der Waals surface area (Å²) >= 11 is 19.9. The van der Waals surface area contributed by atoms with Gasteiger partial charge in [0.1, 0.15) is 0 Å². The van der Waals surface area contributed by atoms with E-state index in [1.807, 2.05) is 0 Å². The summed E-state index contributed by atoms with van der Waals surface area (Å²) in [6, 6.07) is 0. The van der Waals surface area contributed by atoms with Gasteiger partial charge in [0.15, 0.2) is 0 Å². The van der Waals surface area contributed by atoms with Crippen molar-refractivity contribution in [2.24, 2.45) is 0 Å². The molecule has 0 aromatic carbocycles.